The molecule has 9 heteroatoms. The lowest BCUT2D eigenvalue weighted by Crippen LogP contribution is -2.36. The van der Waals surface area contributed by atoms with Gasteiger partial charge in [-0.05, 0) is 50.1 Å². The van der Waals surface area contributed by atoms with E-state index in [2.05, 4.69) is 20.2 Å². The molecule has 0 amide bonds. The van der Waals surface area contributed by atoms with Crippen LogP contribution in [0.25, 0.3) is 16.6 Å². The van der Waals surface area contributed by atoms with Crippen molar-refractivity contribution in [1.29, 1.82) is 0 Å². The van der Waals surface area contributed by atoms with Gasteiger partial charge in [0.1, 0.15) is 0 Å². The first-order valence-electron chi connectivity index (χ1n) is 9.34. The molecular formula is C20H19N5O3S. The van der Waals surface area contributed by atoms with E-state index < -0.39 is 15.4 Å². The summed E-state index contributed by atoms with van der Waals surface area (Å²) in [7, 11) is -3.95. The minimum Gasteiger partial charge on any atom is -0.371 e. The van der Waals surface area contributed by atoms with Gasteiger partial charge < -0.3 is 4.90 Å². The highest BCUT2D eigenvalue weighted by Crippen LogP contribution is 2.28. The van der Waals surface area contributed by atoms with Gasteiger partial charge in [0.15, 0.2) is 5.65 Å². The Morgan fingerprint density at radius 2 is 1.86 bits per heavy atom. The van der Waals surface area contributed by atoms with Crippen LogP contribution in [0, 0.1) is 13.8 Å². The summed E-state index contributed by atoms with van der Waals surface area (Å²) in [6, 6.07) is 10.6. The minimum atomic E-state index is -3.95. The standard InChI is InChI=1S/C20H19N5O3S/c1-12-4-7-17(13(2)10-12)29(27,28)20-18-21-19(26)15-6-5-14(24-8-3-9-24)11-16(15)25(18)23-22-20/h4-7,10-11,23H,3,8-9H2,1-2H3. The van der Waals surface area contributed by atoms with Gasteiger partial charge in [-0.25, -0.2) is 18.1 Å². The summed E-state index contributed by atoms with van der Waals surface area (Å²) in [6.45, 7) is 5.56. The summed E-state index contributed by atoms with van der Waals surface area (Å²) in [5.74, 6) is 0. The van der Waals surface area contributed by atoms with Crippen molar-refractivity contribution in [2.24, 2.45) is 0 Å². The Balaban J connectivity index is 1.76. The maximum atomic E-state index is 13.3. The predicted octanol–water partition coefficient (Wildman–Crippen LogP) is 2.23. The number of hydrogen-bond acceptors (Lipinski definition) is 6. The third-order valence-corrected chi connectivity index (χ3v) is 7.23. The van der Waals surface area contributed by atoms with Crippen molar-refractivity contribution in [3.05, 3.63) is 57.9 Å². The molecule has 2 aromatic carbocycles. The smallest absolute Gasteiger partial charge is 0.281 e. The highest BCUT2D eigenvalue weighted by molar-refractivity contribution is 7.91. The molecule has 0 saturated carbocycles. The first kappa shape index (κ1) is 17.9. The van der Waals surface area contributed by atoms with Gasteiger partial charge in [-0.1, -0.05) is 17.7 Å². The zero-order valence-electron chi connectivity index (χ0n) is 16.0. The van der Waals surface area contributed by atoms with E-state index in [1.807, 2.05) is 19.1 Å². The van der Waals surface area contributed by atoms with Gasteiger partial charge in [0.2, 0.25) is 14.9 Å². The van der Waals surface area contributed by atoms with E-state index in [4.69, 9.17) is 0 Å². The van der Waals surface area contributed by atoms with Gasteiger partial charge in [-0.2, -0.15) is 4.98 Å². The number of aryl methyl sites for hydroxylation is 2. The molecule has 1 aliphatic heterocycles. The SMILES string of the molecule is Cc1ccc(S(=O)(=O)c2n[nH]n3c2nc(=O)c2ccc(N4CCC4)cc23)c(C)c1. The van der Waals surface area contributed by atoms with Crippen LogP contribution >= 0.6 is 0 Å². The lowest BCUT2D eigenvalue weighted by Gasteiger charge is -2.33. The topological polar surface area (TPSA) is 100 Å². The summed E-state index contributed by atoms with van der Waals surface area (Å²) >= 11 is 0. The molecule has 0 aliphatic carbocycles. The number of nitrogens with one attached hydrogen (secondary N) is 1. The minimum absolute atomic E-state index is 0.00299. The van der Waals surface area contributed by atoms with Crippen molar-refractivity contribution in [2.75, 3.05) is 18.0 Å². The summed E-state index contributed by atoms with van der Waals surface area (Å²) < 4.78 is 28.0. The van der Waals surface area contributed by atoms with Crippen LogP contribution in [0.1, 0.15) is 17.5 Å². The molecule has 4 aromatic rings. The van der Waals surface area contributed by atoms with E-state index in [0.717, 1.165) is 30.8 Å². The van der Waals surface area contributed by atoms with E-state index >= 15 is 0 Å². The van der Waals surface area contributed by atoms with Gasteiger partial charge in [0.05, 0.1) is 15.8 Å². The lowest BCUT2D eigenvalue weighted by atomic mass is 10.1. The number of aromatic nitrogens is 4. The van der Waals surface area contributed by atoms with Gasteiger partial charge in [0, 0.05) is 18.8 Å². The average molecular weight is 409 g/mol. The second-order valence-corrected chi connectivity index (χ2v) is 9.24. The van der Waals surface area contributed by atoms with Crippen molar-refractivity contribution in [1.82, 2.24) is 19.8 Å². The molecule has 1 N–H and O–H groups in total. The van der Waals surface area contributed by atoms with E-state index in [0.29, 0.717) is 16.5 Å². The van der Waals surface area contributed by atoms with E-state index in [1.165, 1.54) is 4.52 Å². The molecule has 0 bridgehead atoms. The zero-order valence-corrected chi connectivity index (χ0v) is 16.8. The molecule has 29 heavy (non-hydrogen) atoms. The second kappa shape index (κ2) is 6.15. The molecule has 8 nitrogen and oxygen atoms in total. The summed E-state index contributed by atoms with van der Waals surface area (Å²) in [5, 5.41) is 6.93. The number of fused-ring (bicyclic) bond motifs is 3. The molecule has 0 atom stereocenters. The molecule has 0 spiro atoms. The Labute approximate surface area is 166 Å². The molecule has 148 valence electrons. The number of sulfone groups is 1. The Kier molecular flexibility index (Phi) is 3.79. The molecule has 1 saturated heterocycles. The van der Waals surface area contributed by atoms with Crippen molar-refractivity contribution in [2.45, 2.75) is 30.2 Å². The number of nitrogens with zero attached hydrogens (tertiary/aromatic N) is 4. The molecule has 1 fully saturated rings. The van der Waals surface area contributed by atoms with Gasteiger partial charge in [-0.3, -0.25) is 4.79 Å². The average Bonchev–Trinajstić information content (AvgIpc) is 3.04. The summed E-state index contributed by atoms with van der Waals surface area (Å²) in [5.41, 5.74) is 2.65. The van der Waals surface area contributed by atoms with E-state index in [-0.39, 0.29) is 15.6 Å². The van der Waals surface area contributed by atoms with Gasteiger partial charge in [-0.15, -0.1) is 5.10 Å². The summed E-state index contributed by atoms with van der Waals surface area (Å²) in [6.07, 6.45) is 1.13. The molecule has 3 heterocycles. The fourth-order valence-electron chi connectivity index (χ4n) is 3.75. The Morgan fingerprint density at radius 3 is 2.55 bits per heavy atom. The Bertz CT molecular complexity index is 1450. The van der Waals surface area contributed by atoms with Crippen LogP contribution in [0.3, 0.4) is 0 Å². The van der Waals surface area contributed by atoms with Crippen LogP contribution in [0.4, 0.5) is 5.69 Å². The maximum Gasteiger partial charge on any atom is 0.281 e. The van der Waals surface area contributed by atoms with Crippen molar-refractivity contribution in [3.8, 4) is 0 Å². The van der Waals surface area contributed by atoms with Crippen LogP contribution in [0.2, 0.25) is 0 Å². The maximum absolute atomic E-state index is 13.3. The lowest BCUT2D eigenvalue weighted by molar-refractivity contribution is 0.592. The van der Waals surface area contributed by atoms with Crippen LogP contribution in [0.15, 0.2) is 51.1 Å². The molecule has 0 radical (unpaired) electrons. The van der Waals surface area contributed by atoms with Crippen LogP contribution in [0.5, 0.6) is 0 Å². The van der Waals surface area contributed by atoms with Gasteiger partial charge in [0.25, 0.3) is 5.56 Å². The highest BCUT2D eigenvalue weighted by Gasteiger charge is 2.28. The molecule has 2 aromatic heterocycles. The van der Waals surface area contributed by atoms with E-state index in [9.17, 15) is 13.2 Å². The largest absolute Gasteiger partial charge is 0.371 e. The van der Waals surface area contributed by atoms with Crippen molar-refractivity contribution in [3.63, 3.8) is 0 Å². The predicted molar refractivity (Wildman–Crippen MR) is 109 cm³/mol. The highest BCUT2D eigenvalue weighted by atomic mass is 32.2. The fourth-order valence-corrected chi connectivity index (χ4v) is 5.23. The Morgan fingerprint density at radius 1 is 1.07 bits per heavy atom. The number of H-pyrrole nitrogens is 1. The van der Waals surface area contributed by atoms with Gasteiger partial charge >= 0.3 is 0 Å². The Hall–Kier alpha value is -3.20. The number of benzene rings is 2. The molecule has 5 rings (SSSR count). The number of anilines is 1. The third-order valence-electron chi connectivity index (χ3n) is 5.41. The summed E-state index contributed by atoms with van der Waals surface area (Å²) in [4.78, 5) is 19.0. The van der Waals surface area contributed by atoms with E-state index in [1.54, 1.807) is 31.2 Å². The monoisotopic (exact) mass is 409 g/mol. The first-order valence-corrected chi connectivity index (χ1v) is 10.8. The first-order chi connectivity index (χ1) is 13.9. The molecular weight excluding hydrogens is 390 g/mol. The molecule has 0 unspecified atom stereocenters. The number of rotatable bonds is 3. The second-order valence-electron chi connectivity index (χ2n) is 7.41. The third kappa shape index (κ3) is 2.65. The van der Waals surface area contributed by atoms with Crippen LogP contribution in [-0.2, 0) is 9.84 Å². The zero-order chi connectivity index (χ0) is 20.3. The van der Waals surface area contributed by atoms with Crippen LogP contribution in [-0.4, -0.2) is 41.3 Å². The number of hydrogen-bond donors (Lipinski definition) is 1. The normalized spacial score (nSPS) is 14.5. The quantitative estimate of drug-likeness (QED) is 0.557. The van der Waals surface area contributed by atoms with Crippen molar-refractivity contribution < 1.29 is 8.42 Å². The fraction of sp³-hybridized carbons (Fsp3) is 0.250. The molecule has 1 aliphatic rings. The van der Waals surface area contributed by atoms with Crippen molar-refractivity contribution >= 4 is 32.1 Å². The number of aromatic amines is 1. The van der Waals surface area contributed by atoms with Crippen LogP contribution < -0.4 is 10.5 Å².